The number of rotatable bonds is 7. The van der Waals surface area contributed by atoms with E-state index < -0.39 is 12.0 Å². The number of nitrogens with zero attached hydrogens (tertiary/aromatic N) is 1. The van der Waals surface area contributed by atoms with Crippen molar-refractivity contribution < 1.29 is 14.7 Å². The van der Waals surface area contributed by atoms with Crippen LogP contribution in [0.1, 0.15) is 18.1 Å². The molecule has 2 amide bonds. The third kappa shape index (κ3) is 6.04. The summed E-state index contributed by atoms with van der Waals surface area (Å²) in [6, 6.07) is 6.98. The molecule has 0 aliphatic carbocycles. The van der Waals surface area contributed by atoms with Gasteiger partial charge in [0.2, 0.25) is 0 Å². The van der Waals surface area contributed by atoms with Gasteiger partial charge in [-0.15, -0.1) is 0 Å². The molecule has 0 atom stereocenters. The standard InChI is InChI=1S/C16H19N3O3/c1-11(15(20)21)7-14(9-18-2)8-12-3-5-13(6-4-12)10-19-16(17)22/h3-7,9H,2,8,10H2,1H3,(H,20,21)(H3,17,19,22). The fourth-order valence-corrected chi connectivity index (χ4v) is 1.79. The van der Waals surface area contributed by atoms with Gasteiger partial charge >= 0.3 is 12.0 Å². The summed E-state index contributed by atoms with van der Waals surface area (Å²) in [4.78, 5) is 25.2. The van der Waals surface area contributed by atoms with Crippen LogP contribution in [0.2, 0.25) is 0 Å². The molecule has 22 heavy (non-hydrogen) atoms. The number of carboxylic acids is 1. The maximum Gasteiger partial charge on any atom is 0.331 e. The normalized spacial score (nSPS) is 11.9. The number of allylic oxidation sites excluding steroid dienone is 2. The Hall–Kier alpha value is -2.89. The van der Waals surface area contributed by atoms with Crippen molar-refractivity contribution in [1.29, 1.82) is 0 Å². The van der Waals surface area contributed by atoms with E-state index in [-0.39, 0.29) is 5.57 Å². The van der Waals surface area contributed by atoms with Gasteiger partial charge in [-0.05, 0) is 42.8 Å². The molecule has 6 nitrogen and oxygen atoms in total. The third-order valence-electron chi connectivity index (χ3n) is 2.89. The molecule has 0 aromatic heterocycles. The maximum absolute atomic E-state index is 10.9. The van der Waals surface area contributed by atoms with Gasteiger partial charge in [0.1, 0.15) is 0 Å². The van der Waals surface area contributed by atoms with E-state index in [1.54, 1.807) is 6.08 Å². The fraction of sp³-hybridized carbons (Fsp3) is 0.188. The molecule has 116 valence electrons. The second kappa shape index (κ2) is 8.41. The van der Waals surface area contributed by atoms with Gasteiger partial charge in [0.25, 0.3) is 0 Å². The quantitative estimate of drug-likeness (QED) is 0.407. The van der Waals surface area contributed by atoms with Gasteiger partial charge in [-0.3, -0.25) is 4.99 Å². The number of amides is 2. The van der Waals surface area contributed by atoms with Gasteiger partial charge in [-0.2, -0.15) is 0 Å². The van der Waals surface area contributed by atoms with Crippen LogP contribution in [0.5, 0.6) is 0 Å². The number of carbonyl (C=O) groups is 2. The highest BCUT2D eigenvalue weighted by molar-refractivity contribution is 5.86. The highest BCUT2D eigenvalue weighted by Gasteiger charge is 2.04. The van der Waals surface area contributed by atoms with Crippen molar-refractivity contribution in [2.24, 2.45) is 10.7 Å². The second-order valence-corrected chi connectivity index (χ2v) is 4.73. The molecule has 0 saturated heterocycles. The molecule has 0 fully saturated rings. The number of carbonyl (C=O) groups excluding carboxylic acids is 1. The zero-order valence-corrected chi connectivity index (χ0v) is 12.4. The number of carboxylic acid groups (broad SMARTS) is 1. The smallest absolute Gasteiger partial charge is 0.331 e. The fourth-order valence-electron chi connectivity index (χ4n) is 1.79. The Kier molecular flexibility index (Phi) is 6.56. The summed E-state index contributed by atoms with van der Waals surface area (Å²) < 4.78 is 0. The molecular formula is C16H19N3O3. The van der Waals surface area contributed by atoms with Gasteiger partial charge in [-0.25, -0.2) is 9.59 Å². The Bertz CT molecular complexity index is 616. The molecule has 6 heteroatoms. The first-order valence-electron chi connectivity index (χ1n) is 6.60. The average Bonchev–Trinajstić information content (AvgIpc) is 2.46. The van der Waals surface area contributed by atoms with E-state index in [0.717, 1.165) is 16.7 Å². The molecule has 0 aliphatic rings. The number of nitrogens with two attached hydrogens (primary N) is 1. The minimum absolute atomic E-state index is 0.233. The van der Waals surface area contributed by atoms with Crippen molar-refractivity contribution in [3.8, 4) is 0 Å². The molecule has 0 unspecified atom stereocenters. The van der Waals surface area contributed by atoms with Gasteiger partial charge < -0.3 is 16.2 Å². The number of urea groups is 1. The molecule has 1 rings (SSSR count). The van der Waals surface area contributed by atoms with Gasteiger partial charge in [0, 0.05) is 18.3 Å². The van der Waals surface area contributed by atoms with Crippen LogP contribution in [-0.4, -0.2) is 23.8 Å². The van der Waals surface area contributed by atoms with Crippen LogP contribution in [0.25, 0.3) is 0 Å². The van der Waals surface area contributed by atoms with Crippen LogP contribution in [0.15, 0.2) is 52.7 Å². The van der Waals surface area contributed by atoms with Crippen molar-refractivity contribution in [1.82, 2.24) is 5.32 Å². The Labute approximate surface area is 129 Å². The molecule has 0 radical (unpaired) electrons. The van der Waals surface area contributed by atoms with Crippen molar-refractivity contribution in [3.63, 3.8) is 0 Å². The predicted octanol–water partition coefficient (Wildman–Crippen LogP) is 2.01. The molecule has 1 aromatic rings. The van der Waals surface area contributed by atoms with E-state index in [1.807, 2.05) is 24.3 Å². The van der Waals surface area contributed by atoms with E-state index in [0.29, 0.717) is 13.0 Å². The lowest BCUT2D eigenvalue weighted by atomic mass is 10.0. The molecule has 0 bridgehead atoms. The molecule has 1 aromatic carbocycles. The van der Waals surface area contributed by atoms with Crippen LogP contribution in [0.3, 0.4) is 0 Å². The van der Waals surface area contributed by atoms with Gasteiger partial charge in [-0.1, -0.05) is 24.3 Å². The first-order chi connectivity index (χ1) is 10.4. The number of aliphatic carboxylic acids is 1. The van der Waals surface area contributed by atoms with Crippen LogP contribution < -0.4 is 11.1 Å². The van der Waals surface area contributed by atoms with Crippen LogP contribution >= 0.6 is 0 Å². The lowest BCUT2D eigenvalue weighted by Crippen LogP contribution is -2.28. The zero-order valence-electron chi connectivity index (χ0n) is 12.4. The first kappa shape index (κ1) is 17.2. The molecule has 0 saturated carbocycles. The Balaban J connectivity index is 2.80. The number of nitrogens with one attached hydrogen (secondary N) is 1. The van der Waals surface area contributed by atoms with Crippen LogP contribution in [0.4, 0.5) is 4.79 Å². The molecule has 4 N–H and O–H groups in total. The van der Waals surface area contributed by atoms with Crippen molar-refractivity contribution in [3.05, 3.63) is 58.8 Å². The van der Waals surface area contributed by atoms with E-state index in [1.165, 1.54) is 13.1 Å². The van der Waals surface area contributed by atoms with E-state index >= 15 is 0 Å². The maximum atomic E-state index is 10.9. The predicted molar refractivity (Wildman–Crippen MR) is 85.6 cm³/mol. The minimum atomic E-state index is -0.970. The van der Waals surface area contributed by atoms with Gasteiger partial charge in [0.15, 0.2) is 0 Å². The largest absolute Gasteiger partial charge is 0.478 e. The summed E-state index contributed by atoms with van der Waals surface area (Å²) >= 11 is 0. The highest BCUT2D eigenvalue weighted by atomic mass is 16.4. The monoisotopic (exact) mass is 301 g/mol. The number of primary amides is 1. The second-order valence-electron chi connectivity index (χ2n) is 4.73. The summed E-state index contributed by atoms with van der Waals surface area (Å²) in [5.41, 5.74) is 7.91. The van der Waals surface area contributed by atoms with Crippen molar-refractivity contribution in [2.75, 3.05) is 0 Å². The van der Waals surface area contributed by atoms with Crippen LogP contribution in [0, 0.1) is 0 Å². The Morgan fingerprint density at radius 3 is 2.41 bits per heavy atom. The number of benzene rings is 1. The topological polar surface area (TPSA) is 105 Å². The summed E-state index contributed by atoms with van der Waals surface area (Å²) in [5, 5.41) is 11.4. The molecule has 0 spiro atoms. The lowest BCUT2D eigenvalue weighted by Gasteiger charge is -2.06. The van der Waals surface area contributed by atoms with E-state index in [9.17, 15) is 9.59 Å². The SMILES string of the molecule is C=NC=C(C=C(C)C(=O)O)Cc1ccc(CNC(N)=O)cc1. The minimum Gasteiger partial charge on any atom is -0.478 e. The van der Waals surface area contributed by atoms with Gasteiger partial charge in [0.05, 0.1) is 0 Å². The summed E-state index contributed by atoms with van der Waals surface area (Å²) in [5.74, 6) is -0.970. The molecule has 0 aliphatic heterocycles. The first-order valence-corrected chi connectivity index (χ1v) is 6.60. The average molecular weight is 301 g/mol. The summed E-state index contributed by atoms with van der Waals surface area (Å²) in [6.07, 6.45) is 3.64. The highest BCUT2D eigenvalue weighted by Crippen LogP contribution is 2.13. The number of hydrogen-bond acceptors (Lipinski definition) is 3. The zero-order chi connectivity index (χ0) is 16.5. The Morgan fingerprint density at radius 1 is 1.32 bits per heavy atom. The summed E-state index contributed by atoms with van der Waals surface area (Å²) in [7, 11) is 0. The third-order valence-corrected chi connectivity index (χ3v) is 2.89. The Morgan fingerprint density at radius 2 is 1.91 bits per heavy atom. The molecular weight excluding hydrogens is 282 g/mol. The van der Waals surface area contributed by atoms with Crippen molar-refractivity contribution >= 4 is 18.7 Å². The number of hydrogen-bond donors (Lipinski definition) is 3. The van der Waals surface area contributed by atoms with Crippen molar-refractivity contribution in [2.45, 2.75) is 19.9 Å². The van der Waals surface area contributed by atoms with Crippen LogP contribution in [-0.2, 0) is 17.8 Å². The van der Waals surface area contributed by atoms with E-state index in [2.05, 4.69) is 17.0 Å². The molecule has 0 heterocycles. The number of aliphatic imine (C=N–C) groups is 1. The van der Waals surface area contributed by atoms with E-state index in [4.69, 9.17) is 10.8 Å². The lowest BCUT2D eigenvalue weighted by molar-refractivity contribution is -0.132. The summed E-state index contributed by atoms with van der Waals surface area (Å²) in [6.45, 7) is 5.29.